The summed E-state index contributed by atoms with van der Waals surface area (Å²) >= 11 is 3.33. The maximum absolute atomic E-state index is 13.8. The maximum atomic E-state index is 13.8. The van der Waals surface area contributed by atoms with E-state index in [1.54, 1.807) is 19.2 Å². The predicted molar refractivity (Wildman–Crippen MR) is 76.3 cm³/mol. The lowest BCUT2D eigenvalue weighted by atomic mass is 10.2. The molecule has 0 aliphatic rings. The number of halogens is 2. The molecule has 0 radical (unpaired) electrons. The van der Waals surface area contributed by atoms with Crippen molar-refractivity contribution < 1.29 is 13.9 Å². The SMILES string of the molecule is COCc1cccc(Oc2c(F)cccc2CBr)c1. The van der Waals surface area contributed by atoms with Gasteiger partial charge in [-0.1, -0.05) is 40.2 Å². The van der Waals surface area contributed by atoms with Crippen LogP contribution >= 0.6 is 15.9 Å². The largest absolute Gasteiger partial charge is 0.454 e. The van der Waals surface area contributed by atoms with Crippen molar-refractivity contribution in [3.8, 4) is 11.5 Å². The van der Waals surface area contributed by atoms with E-state index in [-0.39, 0.29) is 11.6 Å². The first-order chi connectivity index (χ1) is 9.24. The second kappa shape index (κ2) is 6.68. The molecule has 0 unspecified atom stereocenters. The molecule has 0 saturated heterocycles. The highest BCUT2D eigenvalue weighted by Gasteiger charge is 2.10. The number of ether oxygens (including phenoxy) is 2. The lowest BCUT2D eigenvalue weighted by Gasteiger charge is -2.11. The van der Waals surface area contributed by atoms with Crippen LogP contribution in [0, 0.1) is 5.82 Å². The van der Waals surface area contributed by atoms with Crippen molar-refractivity contribution in [1.82, 2.24) is 0 Å². The summed E-state index contributed by atoms with van der Waals surface area (Å²) in [6, 6.07) is 12.3. The lowest BCUT2D eigenvalue weighted by Crippen LogP contribution is -1.94. The van der Waals surface area contributed by atoms with Gasteiger partial charge in [0, 0.05) is 18.0 Å². The summed E-state index contributed by atoms with van der Waals surface area (Å²) in [5.41, 5.74) is 1.76. The Kier molecular flexibility index (Phi) is 4.93. The molecule has 0 heterocycles. The Balaban J connectivity index is 2.28. The van der Waals surface area contributed by atoms with Gasteiger partial charge in [-0.25, -0.2) is 4.39 Å². The van der Waals surface area contributed by atoms with Gasteiger partial charge in [-0.2, -0.15) is 0 Å². The number of benzene rings is 2. The van der Waals surface area contributed by atoms with Crippen molar-refractivity contribution in [3.05, 3.63) is 59.4 Å². The van der Waals surface area contributed by atoms with E-state index in [0.717, 1.165) is 11.1 Å². The quantitative estimate of drug-likeness (QED) is 0.745. The number of rotatable bonds is 5. The minimum atomic E-state index is -0.367. The first-order valence-electron chi connectivity index (χ1n) is 5.83. The summed E-state index contributed by atoms with van der Waals surface area (Å²) < 4.78 is 24.5. The van der Waals surface area contributed by atoms with Gasteiger partial charge in [-0.05, 0) is 23.8 Å². The van der Waals surface area contributed by atoms with Gasteiger partial charge >= 0.3 is 0 Å². The van der Waals surface area contributed by atoms with Gasteiger partial charge in [0.1, 0.15) is 5.75 Å². The van der Waals surface area contributed by atoms with Crippen LogP contribution in [0.4, 0.5) is 4.39 Å². The molecule has 0 amide bonds. The second-order valence-electron chi connectivity index (χ2n) is 4.04. The molecule has 0 N–H and O–H groups in total. The standard InChI is InChI=1S/C15H14BrFO2/c1-18-10-11-4-2-6-13(8-11)19-15-12(9-16)5-3-7-14(15)17/h2-8H,9-10H2,1H3. The normalized spacial score (nSPS) is 10.5. The molecule has 100 valence electrons. The van der Waals surface area contributed by atoms with Crippen molar-refractivity contribution in [2.24, 2.45) is 0 Å². The van der Waals surface area contributed by atoms with E-state index < -0.39 is 0 Å². The minimum absolute atomic E-state index is 0.258. The molecule has 2 aromatic carbocycles. The monoisotopic (exact) mass is 324 g/mol. The zero-order valence-corrected chi connectivity index (χ0v) is 12.1. The van der Waals surface area contributed by atoms with Crippen molar-refractivity contribution >= 4 is 15.9 Å². The van der Waals surface area contributed by atoms with E-state index in [2.05, 4.69) is 15.9 Å². The lowest BCUT2D eigenvalue weighted by molar-refractivity contribution is 0.184. The smallest absolute Gasteiger partial charge is 0.167 e. The first-order valence-corrected chi connectivity index (χ1v) is 6.96. The summed E-state index contributed by atoms with van der Waals surface area (Å²) in [7, 11) is 1.63. The van der Waals surface area contributed by atoms with E-state index in [0.29, 0.717) is 17.7 Å². The van der Waals surface area contributed by atoms with Crippen LogP contribution in [0.25, 0.3) is 0 Å². The number of alkyl halides is 1. The highest BCUT2D eigenvalue weighted by atomic mass is 79.9. The van der Waals surface area contributed by atoms with Crippen molar-refractivity contribution in [1.29, 1.82) is 0 Å². The van der Waals surface area contributed by atoms with E-state index >= 15 is 0 Å². The summed E-state index contributed by atoms with van der Waals surface area (Å²) in [4.78, 5) is 0. The molecule has 0 bridgehead atoms. The van der Waals surface area contributed by atoms with Gasteiger partial charge < -0.3 is 9.47 Å². The summed E-state index contributed by atoms with van der Waals surface area (Å²) in [5.74, 6) is 0.491. The average molecular weight is 325 g/mol. The van der Waals surface area contributed by atoms with Gasteiger partial charge in [0.2, 0.25) is 0 Å². The molecule has 0 aromatic heterocycles. The number of methoxy groups -OCH3 is 1. The minimum Gasteiger partial charge on any atom is -0.454 e. The van der Waals surface area contributed by atoms with Crippen molar-refractivity contribution in [3.63, 3.8) is 0 Å². The zero-order chi connectivity index (χ0) is 13.7. The number of hydrogen-bond acceptors (Lipinski definition) is 2. The molecule has 0 saturated carbocycles. The second-order valence-corrected chi connectivity index (χ2v) is 4.60. The molecular formula is C15H14BrFO2. The first kappa shape index (κ1) is 14.0. The highest BCUT2D eigenvalue weighted by Crippen LogP contribution is 2.30. The third-order valence-corrected chi connectivity index (χ3v) is 3.23. The Hall–Kier alpha value is -1.39. The zero-order valence-electron chi connectivity index (χ0n) is 10.5. The van der Waals surface area contributed by atoms with Crippen LogP contribution in [-0.2, 0) is 16.7 Å². The predicted octanol–water partition coefficient (Wildman–Crippen LogP) is 4.66. The summed E-state index contributed by atoms with van der Waals surface area (Å²) in [6.45, 7) is 0.500. The molecule has 2 aromatic rings. The summed E-state index contributed by atoms with van der Waals surface area (Å²) in [6.07, 6.45) is 0. The third-order valence-electron chi connectivity index (χ3n) is 2.62. The molecule has 0 atom stereocenters. The van der Waals surface area contributed by atoms with Gasteiger partial charge in [0.15, 0.2) is 11.6 Å². The molecule has 4 heteroatoms. The van der Waals surface area contributed by atoms with Crippen LogP contribution in [0.1, 0.15) is 11.1 Å². The van der Waals surface area contributed by atoms with E-state index in [1.165, 1.54) is 6.07 Å². The van der Waals surface area contributed by atoms with Crippen LogP contribution < -0.4 is 4.74 Å². The molecule has 0 aliphatic carbocycles. The van der Waals surface area contributed by atoms with E-state index in [4.69, 9.17) is 9.47 Å². The van der Waals surface area contributed by atoms with Crippen LogP contribution in [0.3, 0.4) is 0 Å². The Morgan fingerprint density at radius 3 is 2.68 bits per heavy atom. The van der Waals surface area contributed by atoms with Crippen LogP contribution in [0.15, 0.2) is 42.5 Å². The van der Waals surface area contributed by atoms with Crippen molar-refractivity contribution in [2.75, 3.05) is 7.11 Å². The van der Waals surface area contributed by atoms with Gasteiger partial charge in [0.05, 0.1) is 6.61 Å². The van der Waals surface area contributed by atoms with Gasteiger partial charge in [-0.15, -0.1) is 0 Å². The fraction of sp³-hybridized carbons (Fsp3) is 0.200. The van der Waals surface area contributed by atoms with Crippen molar-refractivity contribution in [2.45, 2.75) is 11.9 Å². The molecular weight excluding hydrogens is 311 g/mol. The third kappa shape index (κ3) is 3.55. The fourth-order valence-corrected chi connectivity index (χ4v) is 2.20. The average Bonchev–Trinajstić information content (AvgIpc) is 2.42. The van der Waals surface area contributed by atoms with Gasteiger partial charge in [0.25, 0.3) is 0 Å². The molecule has 0 aliphatic heterocycles. The topological polar surface area (TPSA) is 18.5 Å². The van der Waals surface area contributed by atoms with Crippen LogP contribution in [0.2, 0.25) is 0 Å². The Morgan fingerprint density at radius 1 is 1.16 bits per heavy atom. The van der Waals surface area contributed by atoms with E-state index in [1.807, 2.05) is 24.3 Å². The highest BCUT2D eigenvalue weighted by molar-refractivity contribution is 9.08. The Bertz CT molecular complexity index is 558. The van der Waals surface area contributed by atoms with Crippen LogP contribution in [-0.4, -0.2) is 7.11 Å². The number of para-hydroxylation sites is 1. The van der Waals surface area contributed by atoms with Crippen LogP contribution in [0.5, 0.6) is 11.5 Å². The molecule has 0 fully saturated rings. The molecule has 2 rings (SSSR count). The molecule has 0 spiro atoms. The Labute approximate surface area is 120 Å². The van der Waals surface area contributed by atoms with Gasteiger partial charge in [-0.3, -0.25) is 0 Å². The molecule has 2 nitrogen and oxygen atoms in total. The summed E-state index contributed by atoms with van der Waals surface area (Å²) in [5, 5.41) is 0.540. The van der Waals surface area contributed by atoms with E-state index in [9.17, 15) is 4.39 Å². The fourth-order valence-electron chi connectivity index (χ4n) is 1.76. The maximum Gasteiger partial charge on any atom is 0.167 e. The Morgan fingerprint density at radius 2 is 1.95 bits per heavy atom. The number of hydrogen-bond donors (Lipinski definition) is 0. The molecule has 19 heavy (non-hydrogen) atoms.